The molecule has 74 valence electrons. The predicted molar refractivity (Wildman–Crippen MR) is 60.8 cm³/mol. The van der Waals surface area contributed by atoms with Crippen molar-refractivity contribution in [2.45, 2.75) is 19.3 Å². The van der Waals surface area contributed by atoms with Crippen LogP contribution in [0.25, 0.3) is 0 Å². The third-order valence-electron chi connectivity index (χ3n) is 2.18. The normalized spacial score (nSPS) is 17.8. The first-order chi connectivity index (χ1) is 6.20. The molecule has 2 nitrogen and oxygen atoms in total. The molecule has 3 heteroatoms. The lowest BCUT2D eigenvalue weighted by Gasteiger charge is -2.27. The summed E-state index contributed by atoms with van der Waals surface area (Å²) in [4.78, 5) is 5.28. The van der Waals surface area contributed by atoms with E-state index < -0.39 is 0 Å². The van der Waals surface area contributed by atoms with Gasteiger partial charge in [-0.2, -0.15) is 0 Å². The standard InChI is InChI=1S/C10H18N2S/c1-11(2)9-6-10(13)12-7-4-3-5-8-12/h6,9H,3-5,7-8H2,1-2H3/b9-6+. The largest absolute Gasteiger partial charge is 0.383 e. The molecule has 1 heterocycles. The molecule has 13 heavy (non-hydrogen) atoms. The van der Waals surface area contributed by atoms with Crippen LogP contribution < -0.4 is 0 Å². The molecule has 0 saturated carbocycles. The van der Waals surface area contributed by atoms with Gasteiger partial charge in [0.25, 0.3) is 0 Å². The molecule has 0 bridgehead atoms. The average molecular weight is 198 g/mol. The first-order valence-corrected chi connectivity index (χ1v) is 5.24. The van der Waals surface area contributed by atoms with Gasteiger partial charge >= 0.3 is 0 Å². The number of rotatable bonds is 2. The second kappa shape index (κ2) is 5.22. The number of piperidine rings is 1. The number of likely N-dealkylation sites (tertiary alicyclic amines) is 1. The molecular weight excluding hydrogens is 180 g/mol. The zero-order valence-electron chi connectivity index (χ0n) is 8.49. The van der Waals surface area contributed by atoms with Gasteiger partial charge in [-0.25, -0.2) is 0 Å². The topological polar surface area (TPSA) is 6.48 Å². The summed E-state index contributed by atoms with van der Waals surface area (Å²) in [5, 5.41) is 0. The van der Waals surface area contributed by atoms with E-state index in [1.54, 1.807) is 0 Å². The fourth-order valence-electron chi connectivity index (χ4n) is 1.43. The summed E-state index contributed by atoms with van der Waals surface area (Å²) in [6.07, 6.45) is 7.96. The third kappa shape index (κ3) is 3.77. The average Bonchev–Trinajstić information content (AvgIpc) is 2.15. The van der Waals surface area contributed by atoms with Crippen LogP contribution in [0, 0.1) is 0 Å². The Morgan fingerprint density at radius 3 is 2.38 bits per heavy atom. The molecule has 0 unspecified atom stereocenters. The van der Waals surface area contributed by atoms with Crippen molar-refractivity contribution >= 4 is 17.2 Å². The molecule has 0 radical (unpaired) electrons. The fraction of sp³-hybridized carbons (Fsp3) is 0.700. The Kier molecular flexibility index (Phi) is 4.22. The first-order valence-electron chi connectivity index (χ1n) is 4.83. The lowest BCUT2D eigenvalue weighted by atomic mass is 10.1. The van der Waals surface area contributed by atoms with Crippen LogP contribution in [-0.4, -0.2) is 42.0 Å². The van der Waals surface area contributed by atoms with Crippen molar-refractivity contribution in [1.82, 2.24) is 9.80 Å². The molecule has 0 aromatic rings. The van der Waals surface area contributed by atoms with E-state index in [1.807, 2.05) is 31.3 Å². The van der Waals surface area contributed by atoms with Crippen LogP contribution in [0.5, 0.6) is 0 Å². The van der Waals surface area contributed by atoms with E-state index in [-0.39, 0.29) is 0 Å². The Morgan fingerprint density at radius 2 is 1.85 bits per heavy atom. The van der Waals surface area contributed by atoms with Crippen LogP contribution in [0.15, 0.2) is 12.3 Å². The Hall–Kier alpha value is -0.570. The van der Waals surface area contributed by atoms with Crippen molar-refractivity contribution in [3.8, 4) is 0 Å². The van der Waals surface area contributed by atoms with Crippen molar-refractivity contribution in [3.05, 3.63) is 12.3 Å². The molecule has 0 spiro atoms. The van der Waals surface area contributed by atoms with Crippen molar-refractivity contribution < 1.29 is 0 Å². The zero-order chi connectivity index (χ0) is 9.68. The van der Waals surface area contributed by atoms with Crippen molar-refractivity contribution in [1.29, 1.82) is 0 Å². The van der Waals surface area contributed by atoms with Gasteiger partial charge in [-0.3, -0.25) is 0 Å². The van der Waals surface area contributed by atoms with E-state index >= 15 is 0 Å². The highest BCUT2D eigenvalue weighted by Crippen LogP contribution is 2.09. The van der Waals surface area contributed by atoms with Crippen molar-refractivity contribution in [2.24, 2.45) is 0 Å². The monoisotopic (exact) mass is 198 g/mol. The zero-order valence-corrected chi connectivity index (χ0v) is 9.31. The van der Waals surface area contributed by atoms with Gasteiger partial charge < -0.3 is 9.80 Å². The highest BCUT2D eigenvalue weighted by atomic mass is 32.1. The van der Waals surface area contributed by atoms with Crippen LogP contribution in [0.4, 0.5) is 0 Å². The molecule has 0 aliphatic carbocycles. The number of thiocarbonyl (C=S) groups is 1. The van der Waals surface area contributed by atoms with Crippen LogP contribution in [-0.2, 0) is 0 Å². The van der Waals surface area contributed by atoms with Gasteiger partial charge in [0.2, 0.25) is 0 Å². The molecule has 0 aromatic heterocycles. The van der Waals surface area contributed by atoms with E-state index in [4.69, 9.17) is 12.2 Å². The van der Waals surface area contributed by atoms with Crippen LogP contribution in [0.3, 0.4) is 0 Å². The summed E-state index contributed by atoms with van der Waals surface area (Å²) >= 11 is 5.30. The number of nitrogens with zero attached hydrogens (tertiary/aromatic N) is 2. The third-order valence-corrected chi connectivity index (χ3v) is 2.58. The minimum atomic E-state index is 0.980. The smallest absolute Gasteiger partial charge is 0.103 e. The molecule has 1 fully saturated rings. The van der Waals surface area contributed by atoms with Gasteiger partial charge in [0.15, 0.2) is 0 Å². The lowest BCUT2D eigenvalue weighted by molar-refractivity contribution is 0.348. The fourth-order valence-corrected chi connectivity index (χ4v) is 1.68. The maximum absolute atomic E-state index is 5.30. The summed E-state index contributed by atoms with van der Waals surface area (Å²) in [6, 6.07) is 0. The van der Waals surface area contributed by atoms with Crippen LogP contribution >= 0.6 is 12.2 Å². The van der Waals surface area contributed by atoms with E-state index in [2.05, 4.69) is 4.90 Å². The molecule has 0 atom stereocenters. The molecule has 1 aliphatic rings. The summed E-state index contributed by atoms with van der Waals surface area (Å²) in [5.41, 5.74) is 0. The lowest BCUT2D eigenvalue weighted by Crippen LogP contribution is -2.33. The molecule has 0 aromatic carbocycles. The molecule has 1 rings (SSSR count). The molecule has 0 N–H and O–H groups in total. The maximum atomic E-state index is 5.30. The molecule has 1 saturated heterocycles. The predicted octanol–water partition coefficient (Wildman–Crippen LogP) is 1.88. The summed E-state index contributed by atoms with van der Waals surface area (Å²) in [5.74, 6) is 0. The van der Waals surface area contributed by atoms with Gasteiger partial charge in [0, 0.05) is 33.4 Å². The molecule has 0 amide bonds. The Balaban J connectivity index is 2.37. The molecule has 1 aliphatic heterocycles. The summed E-state index contributed by atoms with van der Waals surface area (Å²) in [7, 11) is 4.02. The van der Waals surface area contributed by atoms with E-state index in [0.717, 1.165) is 18.1 Å². The van der Waals surface area contributed by atoms with Gasteiger partial charge in [-0.05, 0) is 25.3 Å². The Morgan fingerprint density at radius 1 is 1.23 bits per heavy atom. The highest BCUT2D eigenvalue weighted by Gasteiger charge is 2.10. The quantitative estimate of drug-likeness (QED) is 0.494. The van der Waals surface area contributed by atoms with Gasteiger partial charge in [-0.15, -0.1) is 0 Å². The SMILES string of the molecule is CN(C)/C=C/C(=S)N1CCCCC1. The van der Waals surface area contributed by atoms with Crippen molar-refractivity contribution in [3.63, 3.8) is 0 Å². The Labute approximate surface area is 86.2 Å². The van der Waals surface area contributed by atoms with E-state index in [9.17, 15) is 0 Å². The molecular formula is C10H18N2S. The van der Waals surface area contributed by atoms with E-state index in [1.165, 1.54) is 19.3 Å². The second-order valence-electron chi connectivity index (χ2n) is 3.67. The summed E-state index contributed by atoms with van der Waals surface area (Å²) in [6.45, 7) is 2.27. The van der Waals surface area contributed by atoms with E-state index in [0.29, 0.717) is 0 Å². The first kappa shape index (κ1) is 10.5. The van der Waals surface area contributed by atoms with Gasteiger partial charge in [0.1, 0.15) is 4.99 Å². The number of hydrogen-bond donors (Lipinski definition) is 0. The number of hydrogen-bond acceptors (Lipinski definition) is 2. The maximum Gasteiger partial charge on any atom is 0.103 e. The minimum Gasteiger partial charge on any atom is -0.383 e. The second-order valence-corrected chi connectivity index (χ2v) is 4.08. The minimum absolute atomic E-state index is 0.980. The summed E-state index contributed by atoms with van der Waals surface area (Å²) < 4.78 is 0. The van der Waals surface area contributed by atoms with Gasteiger partial charge in [-0.1, -0.05) is 12.2 Å². The van der Waals surface area contributed by atoms with Crippen LogP contribution in [0.2, 0.25) is 0 Å². The Bertz CT molecular complexity index is 193. The highest BCUT2D eigenvalue weighted by molar-refractivity contribution is 7.80. The van der Waals surface area contributed by atoms with Crippen molar-refractivity contribution in [2.75, 3.05) is 27.2 Å². The van der Waals surface area contributed by atoms with Crippen LogP contribution in [0.1, 0.15) is 19.3 Å². The van der Waals surface area contributed by atoms with Gasteiger partial charge in [0.05, 0.1) is 0 Å².